The molecule has 1 unspecified atom stereocenters. The van der Waals surface area contributed by atoms with Crippen molar-refractivity contribution in [1.82, 2.24) is 5.32 Å². The number of ether oxygens (including phenoxy) is 2. The van der Waals surface area contributed by atoms with Crippen LogP contribution in [0.1, 0.15) is 18.1 Å². The van der Waals surface area contributed by atoms with Crippen molar-refractivity contribution in [2.24, 2.45) is 10.7 Å². The van der Waals surface area contributed by atoms with Crippen LogP contribution in [-0.2, 0) is 17.9 Å². The maximum atomic E-state index is 5.85. The van der Waals surface area contributed by atoms with Gasteiger partial charge in [-0.05, 0) is 30.2 Å². The van der Waals surface area contributed by atoms with Crippen LogP contribution < -0.4 is 15.8 Å². The molecule has 0 aromatic heterocycles. The Kier molecular flexibility index (Phi) is 9.94. The van der Waals surface area contributed by atoms with Crippen LogP contribution in [0, 0.1) is 0 Å². The second-order valence-corrected chi connectivity index (χ2v) is 5.62. The SMILES string of the molecule is COCC(C)NC(N)=NCc1ccc(OCc2ccccc2)cc1.I. The van der Waals surface area contributed by atoms with E-state index in [0.717, 1.165) is 16.9 Å². The molecule has 2 aromatic rings. The van der Waals surface area contributed by atoms with E-state index in [1.54, 1.807) is 7.11 Å². The number of benzene rings is 2. The number of rotatable bonds is 8. The van der Waals surface area contributed by atoms with E-state index < -0.39 is 0 Å². The molecule has 3 N–H and O–H groups in total. The van der Waals surface area contributed by atoms with Gasteiger partial charge in [-0.2, -0.15) is 0 Å². The predicted octanol–water partition coefficient (Wildman–Crippen LogP) is 3.32. The second-order valence-electron chi connectivity index (χ2n) is 5.62. The number of aliphatic imine (C=N–C) groups is 1. The number of hydrogen-bond donors (Lipinski definition) is 2. The van der Waals surface area contributed by atoms with Gasteiger partial charge in [-0.3, -0.25) is 0 Å². The Morgan fingerprint density at radius 3 is 2.40 bits per heavy atom. The highest BCUT2D eigenvalue weighted by Crippen LogP contribution is 2.14. The molecule has 5 nitrogen and oxygen atoms in total. The molecule has 25 heavy (non-hydrogen) atoms. The number of nitrogens with two attached hydrogens (primary N) is 1. The number of hydrogen-bond acceptors (Lipinski definition) is 3. The van der Waals surface area contributed by atoms with Crippen LogP contribution >= 0.6 is 24.0 Å². The molecule has 0 fully saturated rings. The molecular weight excluding hydrogens is 429 g/mol. The lowest BCUT2D eigenvalue weighted by Gasteiger charge is -2.13. The molecule has 2 rings (SSSR count). The zero-order valence-electron chi connectivity index (χ0n) is 14.6. The molecule has 0 aliphatic rings. The summed E-state index contributed by atoms with van der Waals surface area (Å²) < 4.78 is 10.8. The van der Waals surface area contributed by atoms with E-state index in [9.17, 15) is 0 Å². The summed E-state index contributed by atoms with van der Waals surface area (Å²) in [5.41, 5.74) is 8.08. The summed E-state index contributed by atoms with van der Waals surface area (Å²) in [6.07, 6.45) is 0. The Labute approximate surface area is 166 Å². The van der Waals surface area contributed by atoms with Crippen molar-refractivity contribution in [3.05, 3.63) is 65.7 Å². The van der Waals surface area contributed by atoms with E-state index in [4.69, 9.17) is 15.2 Å². The smallest absolute Gasteiger partial charge is 0.189 e. The summed E-state index contributed by atoms with van der Waals surface area (Å²) in [4.78, 5) is 4.33. The van der Waals surface area contributed by atoms with E-state index in [1.165, 1.54) is 0 Å². The van der Waals surface area contributed by atoms with Gasteiger partial charge in [0.2, 0.25) is 0 Å². The van der Waals surface area contributed by atoms with Crippen molar-refractivity contribution < 1.29 is 9.47 Å². The molecule has 0 bridgehead atoms. The molecule has 1 atom stereocenters. The molecule has 0 saturated carbocycles. The van der Waals surface area contributed by atoms with Crippen molar-refractivity contribution in [2.75, 3.05) is 13.7 Å². The summed E-state index contributed by atoms with van der Waals surface area (Å²) in [6.45, 7) is 3.67. The minimum absolute atomic E-state index is 0. The normalized spacial score (nSPS) is 12.2. The quantitative estimate of drug-likeness (QED) is 0.364. The molecule has 0 spiro atoms. The highest BCUT2D eigenvalue weighted by molar-refractivity contribution is 14.0. The van der Waals surface area contributed by atoms with Crippen LogP contribution in [0.25, 0.3) is 0 Å². The molecule has 2 aromatic carbocycles. The number of guanidine groups is 1. The van der Waals surface area contributed by atoms with E-state index in [0.29, 0.717) is 25.7 Å². The lowest BCUT2D eigenvalue weighted by molar-refractivity contribution is 0.179. The van der Waals surface area contributed by atoms with E-state index in [2.05, 4.69) is 10.3 Å². The monoisotopic (exact) mass is 455 g/mol. The molecule has 6 heteroatoms. The third kappa shape index (κ3) is 8.22. The first-order chi connectivity index (χ1) is 11.7. The fraction of sp³-hybridized carbons (Fsp3) is 0.316. The number of nitrogens with one attached hydrogen (secondary N) is 1. The Hall–Kier alpha value is -1.80. The lowest BCUT2D eigenvalue weighted by Crippen LogP contribution is -2.40. The van der Waals surface area contributed by atoms with Crippen molar-refractivity contribution >= 4 is 29.9 Å². The topological polar surface area (TPSA) is 68.9 Å². The second kappa shape index (κ2) is 11.7. The standard InChI is InChI=1S/C19H25N3O2.HI/c1-15(13-23-2)22-19(20)21-12-16-8-10-18(11-9-16)24-14-17-6-4-3-5-7-17;/h3-11,15H,12-14H2,1-2H3,(H3,20,21,22);1H. The summed E-state index contributed by atoms with van der Waals surface area (Å²) in [5, 5.41) is 3.08. The number of nitrogens with zero attached hydrogens (tertiary/aromatic N) is 1. The minimum Gasteiger partial charge on any atom is -0.489 e. The average Bonchev–Trinajstić information content (AvgIpc) is 2.60. The molecule has 0 radical (unpaired) electrons. The fourth-order valence-corrected chi connectivity index (χ4v) is 2.20. The van der Waals surface area contributed by atoms with Gasteiger partial charge in [0.05, 0.1) is 13.2 Å². The van der Waals surface area contributed by atoms with Gasteiger partial charge in [0, 0.05) is 13.2 Å². The van der Waals surface area contributed by atoms with Gasteiger partial charge in [0.15, 0.2) is 5.96 Å². The Balaban J connectivity index is 0.00000312. The Bertz CT molecular complexity index is 633. The van der Waals surface area contributed by atoms with Gasteiger partial charge < -0.3 is 20.5 Å². The molecular formula is C19H26IN3O2. The summed E-state index contributed by atoms with van der Waals surface area (Å²) in [7, 11) is 1.66. The van der Waals surface area contributed by atoms with Gasteiger partial charge in [-0.25, -0.2) is 4.99 Å². The maximum Gasteiger partial charge on any atom is 0.189 e. The van der Waals surface area contributed by atoms with Gasteiger partial charge in [-0.1, -0.05) is 42.5 Å². The maximum absolute atomic E-state index is 5.85. The average molecular weight is 455 g/mol. The first-order valence-corrected chi connectivity index (χ1v) is 7.98. The van der Waals surface area contributed by atoms with Crippen LogP contribution in [0.2, 0.25) is 0 Å². The van der Waals surface area contributed by atoms with Gasteiger partial charge in [0.1, 0.15) is 12.4 Å². The van der Waals surface area contributed by atoms with Crippen molar-refractivity contribution in [3.63, 3.8) is 0 Å². The number of methoxy groups -OCH3 is 1. The first-order valence-electron chi connectivity index (χ1n) is 7.98. The Morgan fingerprint density at radius 1 is 1.08 bits per heavy atom. The van der Waals surface area contributed by atoms with Crippen LogP contribution in [0.3, 0.4) is 0 Å². The molecule has 136 valence electrons. The van der Waals surface area contributed by atoms with Crippen LogP contribution in [-0.4, -0.2) is 25.7 Å². The third-order valence-corrected chi connectivity index (χ3v) is 3.41. The van der Waals surface area contributed by atoms with Crippen LogP contribution in [0.15, 0.2) is 59.6 Å². The van der Waals surface area contributed by atoms with E-state index in [-0.39, 0.29) is 30.0 Å². The predicted molar refractivity (Wildman–Crippen MR) is 112 cm³/mol. The Morgan fingerprint density at radius 2 is 1.76 bits per heavy atom. The largest absolute Gasteiger partial charge is 0.489 e. The van der Waals surface area contributed by atoms with Gasteiger partial charge in [0.25, 0.3) is 0 Å². The minimum atomic E-state index is 0. The fourth-order valence-electron chi connectivity index (χ4n) is 2.20. The van der Waals surface area contributed by atoms with Crippen molar-refractivity contribution in [1.29, 1.82) is 0 Å². The molecule has 0 aliphatic carbocycles. The summed E-state index contributed by atoms with van der Waals surface area (Å²) in [5.74, 6) is 1.26. The van der Waals surface area contributed by atoms with Crippen LogP contribution in [0.5, 0.6) is 5.75 Å². The third-order valence-electron chi connectivity index (χ3n) is 3.41. The van der Waals surface area contributed by atoms with E-state index in [1.807, 2.05) is 61.5 Å². The van der Waals surface area contributed by atoms with Crippen molar-refractivity contribution in [2.45, 2.75) is 26.1 Å². The highest BCUT2D eigenvalue weighted by atomic mass is 127. The lowest BCUT2D eigenvalue weighted by atomic mass is 10.2. The molecule has 0 saturated heterocycles. The van der Waals surface area contributed by atoms with Gasteiger partial charge in [-0.15, -0.1) is 24.0 Å². The first kappa shape index (κ1) is 21.2. The van der Waals surface area contributed by atoms with Crippen molar-refractivity contribution in [3.8, 4) is 5.75 Å². The van der Waals surface area contributed by atoms with Gasteiger partial charge >= 0.3 is 0 Å². The molecule has 0 heterocycles. The van der Waals surface area contributed by atoms with Crippen LogP contribution in [0.4, 0.5) is 0 Å². The zero-order chi connectivity index (χ0) is 17.2. The summed E-state index contributed by atoms with van der Waals surface area (Å²) in [6, 6.07) is 18.1. The molecule has 0 amide bonds. The number of halogens is 1. The van der Waals surface area contributed by atoms with E-state index >= 15 is 0 Å². The summed E-state index contributed by atoms with van der Waals surface area (Å²) >= 11 is 0. The molecule has 0 aliphatic heterocycles. The highest BCUT2D eigenvalue weighted by Gasteiger charge is 2.02. The zero-order valence-corrected chi connectivity index (χ0v) is 17.0.